The Morgan fingerprint density at radius 1 is 1.25 bits per heavy atom. The second-order valence-corrected chi connectivity index (χ2v) is 5.24. The van der Waals surface area contributed by atoms with Gasteiger partial charge in [0.15, 0.2) is 0 Å². The second-order valence-electron chi connectivity index (χ2n) is 5.24. The van der Waals surface area contributed by atoms with E-state index in [1.807, 2.05) is 6.92 Å². The molecule has 0 radical (unpaired) electrons. The van der Waals surface area contributed by atoms with Gasteiger partial charge in [-0.15, -0.1) is 0 Å². The summed E-state index contributed by atoms with van der Waals surface area (Å²) in [6, 6.07) is 0. The molecule has 2 N–H and O–H groups in total. The lowest BCUT2D eigenvalue weighted by Crippen LogP contribution is -2.54. The Kier molecular flexibility index (Phi) is 5.13. The van der Waals surface area contributed by atoms with Crippen LogP contribution in [0.5, 0.6) is 0 Å². The summed E-state index contributed by atoms with van der Waals surface area (Å²) in [6.07, 6.45) is 2.59. The highest BCUT2D eigenvalue weighted by molar-refractivity contribution is 6.30. The van der Waals surface area contributed by atoms with Crippen LogP contribution in [-0.2, 0) is 0 Å². The van der Waals surface area contributed by atoms with Crippen molar-refractivity contribution < 1.29 is 0 Å². The van der Waals surface area contributed by atoms with Crippen molar-refractivity contribution in [3.8, 4) is 0 Å². The van der Waals surface area contributed by atoms with Crippen LogP contribution in [0.2, 0.25) is 0 Å². The number of hydrogen-bond acceptors (Lipinski definition) is 4. The largest absolute Gasteiger partial charge is 0.323 e. The highest BCUT2D eigenvalue weighted by Gasteiger charge is 2.38. The third-order valence-corrected chi connectivity index (χ3v) is 3.68. The molecule has 0 aromatic carbocycles. The summed E-state index contributed by atoms with van der Waals surface area (Å²) >= 11 is 0. The average Bonchev–Trinajstić information content (AvgIpc) is 2.18. The predicted octanol–water partition coefficient (Wildman–Crippen LogP) is 1.90. The van der Waals surface area contributed by atoms with E-state index in [-0.39, 0.29) is 11.1 Å². The Morgan fingerprint density at radius 2 is 1.75 bits per heavy atom. The van der Waals surface area contributed by atoms with Gasteiger partial charge in [-0.25, -0.2) is 0 Å². The minimum atomic E-state index is -0.193. The zero-order chi connectivity index (χ0) is 13.0. The fourth-order valence-electron chi connectivity index (χ4n) is 1.16. The van der Waals surface area contributed by atoms with Gasteiger partial charge in [0.2, 0.25) is 0 Å². The van der Waals surface area contributed by atoms with E-state index in [1.54, 1.807) is 6.21 Å². The molecule has 0 bridgehead atoms. The second kappa shape index (κ2) is 5.43. The van der Waals surface area contributed by atoms with Crippen molar-refractivity contribution in [2.75, 3.05) is 14.1 Å². The highest BCUT2D eigenvalue weighted by Crippen LogP contribution is 2.29. The van der Waals surface area contributed by atoms with E-state index in [1.165, 1.54) is 0 Å². The molecule has 0 aliphatic carbocycles. The van der Waals surface area contributed by atoms with Crippen molar-refractivity contribution in [1.82, 2.24) is 4.90 Å². The van der Waals surface area contributed by atoms with Crippen LogP contribution in [0, 0.1) is 0 Å². The van der Waals surface area contributed by atoms with Crippen molar-refractivity contribution in [2.45, 2.75) is 52.1 Å². The van der Waals surface area contributed by atoms with Crippen molar-refractivity contribution in [1.29, 1.82) is 0 Å². The summed E-state index contributed by atoms with van der Waals surface area (Å²) in [5.74, 6) is 5.27. The van der Waals surface area contributed by atoms with E-state index in [2.05, 4.69) is 56.8 Å². The summed E-state index contributed by atoms with van der Waals surface area (Å²) in [5.41, 5.74) is 0.598. The molecule has 0 aliphatic heterocycles. The lowest BCUT2D eigenvalue weighted by molar-refractivity contribution is 0.113. The van der Waals surface area contributed by atoms with Gasteiger partial charge in [-0.05, 0) is 48.2 Å². The van der Waals surface area contributed by atoms with E-state index in [9.17, 15) is 0 Å². The first-order valence-corrected chi connectivity index (χ1v) is 5.68. The topological polar surface area (TPSA) is 54.0 Å². The number of likely N-dealkylation sites (N-methyl/N-ethyl adjacent to an activating group) is 1. The van der Waals surface area contributed by atoms with E-state index < -0.39 is 0 Å². The van der Waals surface area contributed by atoms with Crippen LogP contribution < -0.4 is 5.84 Å². The minimum Gasteiger partial charge on any atom is -0.323 e. The van der Waals surface area contributed by atoms with Crippen LogP contribution in [0.4, 0.5) is 0 Å². The lowest BCUT2D eigenvalue weighted by atomic mass is 9.82. The average molecular weight is 226 g/mol. The van der Waals surface area contributed by atoms with E-state index in [4.69, 9.17) is 5.84 Å². The number of hydrogen-bond donors (Lipinski definition) is 1. The fourth-order valence-corrected chi connectivity index (χ4v) is 1.16. The van der Waals surface area contributed by atoms with Crippen molar-refractivity contribution in [3.63, 3.8) is 0 Å². The predicted molar refractivity (Wildman–Crippen MR) is 72.3 cm³/mol. The van der Waals surface area contributed by atoms with Crippen LogP contribution in [0.15, 0.2) is 10.1 Å². The lowest BCUT2D eigenvalue weighted by Gasteiger charge is -2.43. The molecular formula is C12H26N4. The minimum absolute atomic E-state index is 0.0308. The first-order valence-electron chi connectivity index (χ1n) is 5.68. The Hall–Kier alpha value is -0.900. The summed E-state index contributed by atoms with van der Waals surface area (Å²) in [5, 5.41) is 3.69. The molecule has 0 amide bonds. The molecule has 0 rings (SSSR count). The van der Waals surface area contributed by atoms with E-state index in [0.717, 1.165) is 12.1 Å². The van der Waals surface area contributed by atoms with Gasteiger partial charge in [0.25, 0.3) is 0 Å². The molecule has 0 spiro atoms. The molecule has 0 aliphatic rings. The third-order valence-electron chi connectivity index (χ3n) is 3.68. The van der Waals surface area contributed by atoms with Crippen LogP contribution in [0.3, 0.4) is 0 Å². The van der Waals surface area contributed by atoms with Gasteiger partial charge >= 0.3 is 0 Å². The molecule has 0 atom stereocenters. The maximum absolute atomic E-state index is 5.27. The smallest absolute Gasteiger partial charge is 0.0775 e. The number of aliphatic imine (C=N–C) groups is 1. The summed E-state index contributed by atoms with van der Waals surface area (Å²) < 4.78 is 0. The summed E-state index contributed by atoms with van der Waals surface area (Å²) in [7, 11) is 4.13. The van der Waals surface area contributed by atoms with Crippen molar-refractivity contribution in [3.05, 3.63) is 0 Å². The zero-order valence-electron chi connectivity index (χ0n) is 11.7. The Morgan fingerprint density at radius 3 is 2.06 bits per heavy atom. The third kappa shape index (κ3) is 3.30. The van der Waals surface area contributed by atoms with Crippen molar-refractivity contribution in [2.24, 2.45) is 15.9 Å². The maximum atomic E-state index is 5.27. The normalized spacial score (nSPS) is 15.1. The zero-order valence-corrected chi connectivity index (χ0v) is 11.7. The maximum Gasteiger partial charge on any atom is 0.0775 e. The first kappa shape index (κ1) is 15.1. The fraction of sp³-hybridized carbons (Fsp3) is 0.833. The van der Waals surface area contributed by atoms with Crippen molar-refractivity contribution >= 4 is 11.9 Å². The quantitative estimate of drug-likeness (QED) is 0.442. The number of nitrogens with zero attached hydrogens (tertiary/aromatic N) is 3. The Balaban J connectivity index is 4.95. The first-order chi connectivity index (χ1) is 7.19. The molecule has 4 nitrogen and oxygen atoms in total. The van der Waals surface area contributed by atoms with Gasteiger partial charge in [0, 0.05) is 11.8 Å². The summed E-state index contributed by atoms with van der Waals surface area (Å²) in [6.45, 7) is 10.6. The van der Waals surface area contributed by atoms with Gasteiger partial charge in [0.05, 0.1) is 11.3 Å². The van der Waals surface area contributed by atoms with Gasteiger partial charge in [-0.2, -0.15) is 5.10 Å². The van der Waals surface area contributed by atoms with Gasteiger partial charge < -0.3 is 10.7 Å². The van der Waals surface area contributed by atoms with Crippen LogP contribution in [0.25, 0.3) is 0 Å². The molecular weight excluding hydrogens is 200 g/mol. The number of rotatable bonds is 5. The molecule has 0 saturated carbocycles. The van der Waals surface area contributed by atoms with Gasteiger partial charge in [-0.1, -0.05) is 6.92 Å². The van der Waals surface area contributed by atoms with Crippen LogP contribution in [-0.4, -0.2) is 42.0 Å². The molecule has 16 heavy (non-hydrogen) atoms. The monoisotopic (exact) mass is 226 g/mol. The van der Waals surface area contributed by atoms with Crippen LogP contribution in [0.1, 0.15) is 41.0 Å². The number of nitrogens with two attached hydrogens (primary N) is 1. The Labute approximate surface area is 99.6 Å². The Bertz CT molecular complexity index is 275. The van der Waals surface area contributed by atoms with E-state index >= 15 is 0 Å². The summed E-state index contributed by atoms with van der Waals surface area (Å²) in [4.78, 5) is 6.79. The standard InChI is InChI=1S/C12H26N4/c1-8-10(15-13)9-14-11(2,3)12(4,5)16(6)7/h9H,8,13H2,1-7H3. The molecule has 0 aromatic rings. The van der Waals surface area contributed by atoms with Crippen LogP contribution >= 0.6 is 0 Å². The van der Waals surface area contributed by atoms with Gasteiger partial charge in [-0.3, -0.25) is 4.99 Å². The van der Waals surface area contributed by atoms with Gasteiger partial charge in [0.1, 0.15) is 0 Å². The molecule has 4 heteroatoms. The molecule has 0 unspecified atom stereocenters. The molecule has 0 fully saturated rings. The molecule has 0 aromatic heterocycles. The highest BCUT2D eigenvalue weighted by atomic mass is 15.2. The van der Waals surface area contributed by atoms with E-state index in [0.29, 0.717) is 0 Å². The number of hydrazone groups is 1. The molecule has 94 valence electrons. The SMILES string of the molecule is CCC(C=NC(C)(C)C(C)(C)N(C)C)=NN. The molecule has 0 saturated heterocycles. The molecule has 0 heterocycles.